The predicted octanol–water partition coefficient (Wildman–Crippen LogP) is 2.81. The van der Waals surface area contributed by atoms with Crippen molar-refractivity contribution in [2.45, 2.75) is 0 Å². The molecule has 8 heteroatoms. The van der Waals surface area contributed by atoms with E-state index in [1.54, 1.807) is 36.4 Å². The van der Waals surface area contributed by atoms with Gasteiger partial charge in [-0.25, -0.2) is 5.43 Å². The second-order valence-corrected chi connectivity index (χ2v) is 4.95. The number of nitro groups is 1. The first-order valence-corrected chi connectivity index (χ1v) is 6.98. The Kier molecular flexibility index (Phi) is 5.65. The highest BCUT2D eigenvalue weighted by Crippen LogP contribution is 2.14. The summed E-state index contributed by atoms with van der Waals surface area (Å²) in [7, 11) is 0. The number of rotatable bonds is 6. The van der Waals surface area contributed by atoms with E-state index in [0.717, 1.165) is 5.69 Å². The van der Waals surface area contributed by atoms with Crippen LogP contribution in [-0.2, 0) is 4.79 Å². The second kappa shape index (κ2) is 7.90. The molecule has 0 aliphatic heterocycles. The molecule has 23 heavy (non-hydrogen) atoms. The van der Waals surface area contributed by atoms with Gasteiger partial charge in [0, 0.05) is 28.4 Å². The van der Waals surface area contributed by atoms with E-state index >= 15 is 0 Å². The molecule has 0 bridgehead atoms. The first-order valence-electron chi connectivity index (χ1n) is 6.60. The number of carbonyl (C=O) groups excluding carboxylic acids is 1. The largest absolute Gasteiger partial charge is 0.376 e. The van der Waals surface area contributed by atoms with E-state index in [1.165, 1.54) is 18.3 Å². The minimum atomic E-state index is -0.495. The van der Waals surface area contributed by atoms with Crippen molar-refractivity contribution in [3.63, 3.8) is 0 Å². The van der Waals surface area contributed by atoms with Gasteiger partial charge >= 0.3 is 0 Å². The number of nitrogens with one attached hydrogen (secondary N) is 2. The lowest BCUT2D eigenvalue weighted by Crippen LogP contribution is -2.25. The Bertz CT molecular complexity index is 749. The maximum atomic E-state index is 11.6. The summed E-state index contributed by atoms with van der Waals surface area (Å²) in [5, 5.41) is 17.9. The quantitative estimate of drug-likeness (QED) is 0.483. The lowest BCUT2D eigenvalue weighted by molar-refractivity contribution is -0.384. The van der Waals surface area contributed by atoms with E-state index in [4.69, 9.17) is 11.6 Å². The topological polar surface area (TPSA) is 96.6 Å². The number of nitrogens with zero attached hydrogens (tertiary/aromatic N) is 2. The van der Waals surface area contributed by atoms with Gasteiger partial charge in [-0.15, -0.1) is 0 Å². The average Bonchev–Trinajstić information content (AvgIpc) is 2.53. The molecule has 2 aromatic rings. The van der Waals surface area contributed by atoms with E-state index in [9.17, 15) is 14.9 Å². The molecule has 7 nitrogen and oxygen atoms in total. The monoisotopic (exact) mass is 332 g/mol. The van der Waals surface area contributed by atoms with Crippen LogP contribution < -0.4 is 10.7 Å². The van der Waals surface area contributed by atoms with Gasteiger partial charge in [0.05, 0.1) is 17.7 Å². The second-order valence-electron chi connectivity index (χ2n) is 4.51. The Morgan fingerprint density at radius 1 is 1.26 bits per heavy atom. The van der Waals surface area contributed by atoms with Gasteiger partial charge < -0.3 is 5.32 Å². The highest BCUT2D eigenvalue weighted by Gasteiger charge is 2.04. The van der Waals surface area contributed by atoms with Crippen molar-refractivity contribution in [1.82, 2.24) is 5.43 Å². The van der Waals surface area contributed by atoms with E-state index < -0.39 is 4.92 Å². The fourth-order valence-corrected chi connectivity index (χ4v) is 1.91. The summed E-state index contributed by atoms with van der Waals surface area (Å²) >= 11 is 5.83. The van der Waals surface area contributed by atoms with Crippen molar-refractivity contribution < 1.29 is 9.72 Å². The Labute approximate surface area is 137 Å². The summed E-state index contributed by atoms with van der Waals surface area (Å²) < 4.78 is 0. The van der Waals surface area contributed by atoms with Gasteiger partial charge in [-0.3, -0.25) is 14.9 Å². The molecule has 0 saturated carbocycles. The van der Waals surface area contributed by atoms with Gasteiger partial charge in [-0.2, -0.15) is 5.10 Å². The van der Waals surface area contributed by atoms with Crippen LogP contribution in [0.5, 0.6) is 0 Å². The molecule has 0 aromatic heterocycles. The maximum absolute atomic E-state index is 11.6. The van der Waals surface area contributed by atoms with Crippen molar-refractivity contribution in [3.05, 3.63) is 69.2 Å². The highest BCUT2D eigenvalue weighted by molar-refractivity contribution is 6.30. The van der Waals surface area contributed by atoms with Crippen LogP contribution in [0.4, 0.5) is 11.4 Å². The van der Waals surface area contributed by atoms with Crippen LogP contribution in [0.3, 0.4) is 0 Å². The Balaban J connectivity index is 1.84. The maximum Gasteiger partial charge on any atom is 0.270 e. The van der Waals surface area contributed by atoms with Gasteiger partial charge in [0.25, 0.3) is 11.6 Å². The molecule has 0 unspecified atom stereocenters. The van der Waals surface area contributed by atoms with Gasteiger partial charge in [-0.05, 0) is 18.2 Å². The smallest absolute Gasteiger partial charge is 0.270 e. The molecule has 0 aliphatic rings. The van der Waals surface area contributed by atoms with Gasteiger partial charge in [0.15, 0.2) is 0 Å². The summed E-state index contributed by atoms with van der Waals surface area (Å²) in [4.78, 5) is 21.8. The molecule has 0 atom stereocenters. The average molecular weight is 333 g/mol. The molecule has 1 amide bonds. The zero-order valence-electron chi connectivity index (χ0n) is 11.9. The third-order valence-electron chi connectivity index (χ3n) is 2.76. The van der Waals surface area contributed by atoms with E-state index in [0.29, 0.717) is 10.6 Å². The standard InChI is InChI=1S/C15H13ClN4O3/c16-12-4-2-5-13(8-12)17-10-15(21)19-18-9-11-3-1-6-14(7-11)20(22)23/h1-9,17H,10H2,(H,19,21)/b18-9+. The van der Waals surface area contributed by atoms with Gasteiger partial charge in [0.1, 0.15) is 0 Å². The summed E-state index contributed by atoms with van der Waals surface area (Å²) in [5.74, 6) is -0.355. The SMILES string of the molecule is O=C(CNc1cccc(Cl)c1)N/N=C/c1cccc([N+](=O)[O-])c1. The van der Waals surface area contributed by atoms with Crippen molar-refractivity contribution in [2.75, 3.05) is 11.9 Å². The number of hydrogen-bond donors (Lipinski definition) is 2. The molecule has 2 aromatic carbocycles. The fraction of sp³-hybridized carbons (Fsp3) is 0.0667. The van der Waals surface area contributed by atoms with Crippen LogP contribution in [-0.4, -0.2) is 23.6 Å². The molecule has 0 aliphatic carbocycles. The minimum Gasteiger partial charge on any atom is -0.376 e. The number of anilines is 1. The molecular weight excluding hydrogens is 320 g/mol. The molecule has 0 spiro atoms. The zero-order valence-corrected chi connectivity index (χ0v) is 12.7. The molecule has 0 radical (unpaired) electrons. The number of hydrogen-bond acceptors (Lipinski definition) is 5. The number of amides is 1. The molecule has 0 fully saturated rings. The van der Waals surface area contributed by atoms with Crippen LogP contribution in [0.25, 0.3) is 0 Å². The lowest BCUT2D eigenvalue weighted by atomic mass is 10.2. The van der Waals surface area contributed by atoms with Crippen molar-refractivity contribution >= 4 is 35.1 Å². The van der Waals surface area contributed by atoms with Gasteiger partial charge in [0.2, 0.25) is 0 Å². The van der Waals surface area contributed by atoms with E-state index in [-0.39, 0.29) is 18.1 Å². The summed E-state index contributed by atoms with van der Waals surface area (Å²) in [6.45, 7) is 0.0205. The normalized spacial score (nSPS) is 10.5. The first kappa shape index (κ1) is 16.4. The molecular formula is C15H13ClN4O3. The molecule has 2 N–H and O–H groups in total. The molecule has 118 valence electrons. The fourth-order valence-electron chi connectivity index (χ4n) is 1.72. The van der Waals surface area contributed by atoms with Crippen molar-refractivity contribution in [2.24, 2.45) is 5.10 Å². The Morgan fingerprint density at radius 2 is 2.04 bits per heavy atom. The molecule has 0 saturated heterocycles. The highest BCUT2D eigenvalue weighted by atomic mass is 35.5. The van der Waals surface area contributed by atoms with Crippen molar-refractivity contribution in [3.8, 4) is 0 Å². The number of carbonyl (C=O) groups is 1. The third kappa shape index (κ3) is 5.40. The van der Waals surface area contributed by atoms with Crippen LogP contribution in [0.2, 0.25) is 5.02 Å². The minimum absolute atomic E-state index is 0.0205. The summed E-state index contributed by atoms with van der Waals surface area (Å²) in [5.41, 5.74) is 3.52. The van der Waals surface area contributed by atoms with E-state index in [1.807, 2.05) is 0 Å². The van der Waals surface area contributed by atoms with Crippen molar-refractivity contribution in [1.29, 1.82) is 0 Å². The van der Waals surface area contributed by atoms with Crippen LogP contribution in [0.15, 0.2) is 53.6 Å². The predicted molar refractivity (Wildman–Crippen MR) is 88.8 cm³/mol. The molecule has 0 heterocycles. The number of benzene rings is 2. The lowest BCUT2D eigenvalue weighted by Gasteiger charge is -2.05. The molecule has 2 rings (SSSR count). The summed E-state index contributed by atoms with van der Waals surface area (Å²) in [6, 6.07) is 12.9. The zero-order chi connectivity index (χ0) is 16.7. The van der Waals surface area contributed by atoms with Crippen LogP contribution in [0, 0.1) is 10.1 Å². The van der Waals surface area contributed by atoms with Crippen LogP contribution >= 0.6 is 11.6 Å². The first-order chi connectivity index (χ1) is 11.0. The van der Waals surface area contributed by atoms with E-state index in [2.05, 4.69) is 15.8 Å². The van der Waals surface area contributed by atoms with Gasteiger partial charge in [-0.1, -0.05) is 29.8 Å². The summed E-state index contributed by atoms with van der Waals surface area (Å²) in [6.07, 6.45) is 1.34. The Morgan fingerprint density at radius 3 is 2.78 bits per heavy atom. The Hall–Kier alpha value is -2.93. The number of hydrazone groups is 1. The third-order valence-corrected chi connectivity index (χ3v) is 3.00. The number of halogens is 1. The number of nitro benzene ring substituents is 1. The number of non-ortho nitro benzene ring substituents is 1. The van der Waals surface area contributed by atoms with Crippen LogP contribution in [0.1, 0.15) is 5.56 Å².